The number of aromatic nitrogens is 1. The molecule has 0 saturated heterocycles. The lowest BCUT2D eigenvalue weighted by atomic mass is 9.92. The van der Waals surface area contributed by atoms with Gasteiger partial charge in [0.1, 0.15) is 7.05 Å². The van der Waals surface area contributed by atoms with E-state index in [-0.39, 0.29) is 0 Å². The van der Waals surface area contributed by atoms with Crippen LogP contribution in [0.4, 0.5) is 0 Å². The maximum atomic E-state index is 7.92. The first-order valence-corrected chi connectivity index (χ1v) is 8.60. The minimum atomic E-state index is 0.545. The predicted octanol–water partition coefficient (Wildman–Crippen LogP) is 5.62. The van der Waals surface area contributed by atoms with E-state index in [1.807, 2.05) is 12.1 Å². The molecule has 1 heteroatoms. The molecular weight excluding hydrogens is 302 g/mol. The normalized spacial score (nSPS) is 11.6. The number of benzene rings is 3. The summed E-state index contributed by atoms with van der Waals surface area (Å²) >= 11 is 0. The average molecular weight is 325 g/mol. The molecule has 0 fully saturated rings. The Morgan fingerprint density at radius 1 is 0.840 bits per heavy atom. The van der Waals surface area contributed by atoms with Crippen molar-refractivity contribution in [3.8, 4) is 22.4 Å². The van der Waals surface area contributed by atoms with Crippen LogP contribution in [-0.2, 0) is 7.05 Å². The highest BCUT2D eigenvalue weighted by atomic mass is 14.9. The van der Waals surface area contributed by atoms with Crippen LogP contribution in [0.2, 0.25) is 0 Å². The molecule has 4 aromatic rings. The molecule has 3 aromatic carbocycles. The minimum absolute atomic E-state index is 0.545. The molecule has 0 amide bonds. The fraction of sp³-hybridized carbons (Fsp3) is 0.125. The van der Waals surface area contributed by atoms with Crippen molar-refractivity contribution in [2.24, 2.45) is 7.05 Å². The van der Waals surface area contributed by atoms with Crippen molar-refractivity contribution < 1.29 is 5.94 Å². The fourth-order valence-corrected chi connectivity index (χ4v) is 3.49. The largest absolute Gasteiger partial charge is 0.220 e. The zero-order valence-corrected chi connectivity index (χ0v) is 14.9. The van der Waals surface area contributed by atoms with Crippen LogP contribution in [0.1, 0.15) is 12.5 Å². The first-order valence-electron chi connectivity index (χ1n) is 9.10. The van der Waals surface area contributed by atoms with Gasteiger partial charge >= 0.3 is 0 Å². The first kappa shape index (κ1) is 14.4. The van der Waals surface area contributed by atoms with Crippen LogP contribution in [0, 0.1) is 13.8 Å². The van der Waals surface area contributed by atoms with E-state index < -0.39 is 0 Å². The van der Waals surface area contributed by atoms with E-state index >= 15 is 0 Å². The molecule has 0 aliphatic rings. The summed E-state index contributed by atoms with van der Waals surface area (Å²) in [6.45, 7) is 4.37. The van der Waals surface area contributed by atoms with E-state index in [2.05, 4.69) is 86.3 Å². The van der Waals surface area contributed by atoms with Crippen molar-refractivity contribution in [2.75, 3.05) is 0 Å². The molecule has 0 spiro atoms. The molecule has 1 nitrogen and oxygen atoms in total. The molecule has 0 radical (unpaired) electrons. The van der Waals surface area contributed by atoms with Crippen LogP contribution in [0.15, 0.2) is 79.0 Å². The van der Waals surface area contributed by atoms with Gasteiger partial charge in [0.25, 0.3) is 0 Å². The van der Waals surface area contributed by atoms with Crippen LogP contribution in [0.5, 0.6) is 0 Å². The SMILES string of the molecule is [2H]c1ccc2c(-c3cc(-c4ccccc4)cc(C)c3C)[n+](C)ccc2c1. The van der Waals surface area contributed by atoms with Crippen molar-refractivity contribution in [1.29, 1.82) is 0 Å². The van der Waals surface area contributed by atoms with E-state index in [4.69, 9.17) is 1.37 Å². The molecule has 0 unspecified atom stereocenters. The lowest BCUT2D eigenvalue weighted by Gasteiger charge is -2.13. The van der Waals surface area contributed by atoms with Crippen LogP contribution in [0.25, 0.3) is 33.2 Å². The summed E-state index contributed by atoms with van der Waals surface area (Å²) < 4.78 is 10.1. The number of rotatable bonds is 2. The summed E-state index contributed by atoms with van der Waals surface area (Å²) in [5.41, 5.74) is 7.49. The van der Waals surface area contributed by atoms with E-state index in [1.165, 1.54) is 38.9 Å². The molecule has 25 heavy (non-hydrogen) atoms. The van der Waals surface area contributed by atoms with Crippen molar-refractivity contribution in [1.82, 2.24) is 0 Å². The maximum Gasteiger partial charge on any atom is 0.220 e. The highest BCUT2D eigenvalue weighted by Crippen LogP contribution is 2.33. The molecule has 0 atom stereocenters. The fourth-order valence-electron chi connectivity index (χ4n) is 3.49. The van der Waals surface area contributed by atoms with Gasteiger partial charge in [-0.2, -0.15) is 0 Å². The Hall–Kier alpha value is -2.93. The second-order valence-corrected chi connectivity index (χ2v) is 6.62. The molecular formula is C24H22N+. The van der Waals surface area contributed by atoms with Gasteiger partial charge < -0.3 is 0 Å². The Balaban J connectivity index is 2.03. The van der Waals surface area contributed by atoms with Crippen LogP contribution < -0.4 is 4.57 Å². The van der Waals surface area contributed by atoms with Gasteiger partial charge in [0, 0.05) is 6.07 Å². The second kappa shape index (κ2) is 6.18. The molecule has 0 aliphatic heterocycles. The number of pyridine rings is 1. The topological polar surface area (TPSA) is 3.88 Å². The van der Waals surface area contributed by atoms with Gasteiger partial charge in [-0.1, -0.05) is 54.6 Å². The summed E-state index contributed by atoms with van der Waals surface area (Å²) in [5, 5.41) is 2.28. The molecule has 0 aliphatic carbocycles. The minimum Gasteiger partial charge on any atom is -0.200 e. The predicted molar refractivity (Wildman–Crippen MR) is 105 cm³/mol. The third-order valence-corrected chi connectivity index (χ3v) is 5.01. The maximum absolute atomic E-state index is 7.92. The van der Waals surface area contributed by atoms with Gasteiger partial charge in [-0.15, -0.1) is 0 Å². The Labute approximate surface area is 150 Å². The quantitative estimate of drug-likeness (QED) is 0.421. The first-order chi connectivity index (χ1) is 12.5. The Morgan fingerprint density at radius 3 is 2.44 bits per heavy atom. The summed E-state index contributed by atoms with van der Waals surface area (Å²) in [6, 6.07) is 23.6. The zero-order chi connectivity index (χ0) is 18.3. The summed E-state index contributed by atoms with van der Waals surface area (Å²) in [7, 11) is 2.09. The number of fused-ring (bicyclic) bond motifs is 1. The van der Waals surface area contributed by atoms with Gasteiger partial charge in [-0.05, 0) is 53.6 Å². The van der Waals surface area contributed by atoms with E-state index in [9.17, 15) is 0 Å². The summed E-state index contributed by atoms with van der Waals surface area (Å²) in [6.07, 6.45) is 2.08. The summed E-state index contributed by atoms with van der Waals surface area (Å²) in [5.74, 6) is 0. The number of aryl methyl sites for hydroxylation is 2. The van der Waals surface area contributed by atoms with Crippen molar-refractivity contribution >= 4 is 10.8 Å². The van der Waals surface area contributed by atoms with Crippen molar-refractivity contribution in [3.05, 3.63) is 90.1 Å². The van der Waals surface area contributed by atoms with Gasteiger partial charge in [0.2, 0.25) is 5.69 Å². The highest BCUT2D eigenvalue weighted by molar-refractivity contribution is 5.94. The molecule has 0 bridgehead atoms. The Morgan fingerprint density at radius 2 is 1.64 bits per heavy atom. The number of hydrogen-bond acceptors (Lipinski definition) is 0. The van der Waals surface area contributed by atoms with E-state index in [1.54, 1.807) is 0 Å². The molecule has 1 heterocycles. The molecule has 1 aromatic heterocycles. The number of nitrogens with zero attached hydrogens (tertiary/aromatic N) is 1. The van der Waals surface area contributed by atoms with Gasteiger partial charge in [-0.25, -0.2) is 4.57 Å². The third kappa shape index (κ3) is 2.72. The highest BCUT2D eigenvalue weighted by Gasteiger charge is 2.18. The van der Waals surface area contributed by atoms with Crippen molar-refractivity contribution in [2.45, 2.75) is 13.8 Å². The Kier molecular flexibility index (Phi) is 3.56. The molecule has 122 valence electrons. The summed E-state index contributed by atoms with van der Waals surface area (Å²) in [4.78, 5) is 0. The molecule has 0 saturated carbocycles. The lowest BCUT2D eigenvalue weighted by molar-refractivity contribution is -0.659. The van der Waals surface area contributed by atoms with Crippen LogP contribution in [-0.4, -0.2) is 0 Å². The van der Waals surface area contributed by atoms with Gasteiger partial charge in [0.05, 0.1) is 12.3 Å². The standard InChI is InChI=1S/C24H22N/c1-17-15-21(19-9-5-4-6-10-19)16-23(18(17)2)24-22-12-8-7-11-20(22)13-14-25(24)3/h4-16H,1-3H3/q+1/i7D. The van der Waals surface area contributed by atoms with E-state index in [0.29, 0.717) is 6.04 Å². The second-order valence-electron chi connectivity index (χ2n) is 6.62. The number of hydrogen-bond donors (Lipinski definition) is 0. The Bertz CT molecular complexity index is 1110. The van der Waals surface area contributed by atoms with Crippen LogP contribution in [0.3, 0.4) is 0 Å². The monoisotopic (exact) mass is 325 g/mol. The van der Waals surface area contributed by atoms with Gasteiger partial charge in [-0.3, -0.25) is 0 Å². The third-order valence-electron chi connectivity index (χ3n) is 5.01. The van der Waals surface area contributed by atoms with E-state index in [0.717, 1.165) is 5.39 Å². The van der Waals surface area contributed by atoms with Gasteiger partial charge in [0.15, 0.2) is 6.20 Å². The van der Waals surface area contributed by atoms with Crippen molar-refractivity contribution in [3.63, 3.8) is 0 Å². The average Bonchev–Trinajstić information content (AvgIpc) is 2.65. The smallest absolute Gasteiger partial charge is 0.200 e. The van der Waals surface area contributed by atoms with Crippen LogP contribution >= 0.6 is 0 Å². The molecule has 4 rings (SSSR count). The zero-order valence-electron chi connectivity index (χ0n) is 15.9. The molecule has 0 N–H and O–H groups in total. The lowest BCUT2D eigenvalue weighted by Crippen LogP contribution is -2.30.